The summed E-state index contributed by atoms with van der Waals surface area (Å²) in [6.07, 6.45) is 20.4. The molecule has 0 saturated carbocycles. The molecule has 0 saturated heterocycles. The van der Waals surface area contributed by atoms with Gasteiger partial charge in [0.1, 0.15) is 6.04 Å². The molecule has 0 amide bonds. The van der Waals surface area contributed by atoms with E-state index in [9.17, 15) is 19.0 Å². The summed E-state index contributed by atoms with van der Waals surface area (Å²) in [6.45, 7) is 4.81. The van der Waals surface area contributed by atoms with Gasteiger partial charge in [0.2, 0.25) is 0 Å². The molecule has 0 fully saturated rings. The standard InChI is InChI=1S/C26H50NO8P/c1-4-5-6-7-8-9-10-11-12-13-14-15-16-17-18-19-24(28)33-21-26(2,3)22-35-36(31,32)34-20-23(27)25(29)30/h11-12,23H,4-10,13-22,27H2,1-3H3,(H,29,30)(H,31,32)/b12-11-/t23-/m0/s1. The fourth-order valence-corrected chi connectivity index (χ4v) is 4.21. The average molecular weight is 536 g/mol. The summed E-state index contributed by atoms with van der Waals surface area (Å²) in [6, 6.07) is -1.43. The Balaban J connectivity index is 3.76. The van der Waals surface area contributed by atoms with E-state index < -0.39 is 31.9 Å². The summed E-state index contributed by atoms with van der Waals surface area (Å²) in [5.74, 6) is -1.66. The van der Waals surface area contributed by atoms with E-state index in [1.54, 1.807) is 13.8 Å². The Bertz CT molecular complexity index is 668. The maximum absolute atomic E-state index is 12.0. The smallest absolute Gasteiger partial charge is 0.472 e. The van der Waals surface area contributed by atoms with Crippen LogP contribution in [0.1, 0.15) is 111 Å². The maximum atomic E-state index is 12.0. The van der Waals surface area contributed by atoms with Crippen molar-refractivity contribution in [2.45, 2.75) is 117 Å². The van der Waals surface area contributed by atoms with Gasteiger partial charge in [-0.2, -0.15) is 0 Å². The van der Waals surface area contributed by atoms with E-state index in [0.717, 1.165) is 32.1 Å². The Kier molecular flexibility index (Phi) is 20.0. The summed E-state index contributed by atoms with van der Waals surface area (Å²) < 4.78 is 26.6. The van der Waals surface area contributed by atoms with Crippen molar-refractivity contribution >= 4 is 19.8 Å². The van der Waals surface area contributed by atoms with Crippen LogP contribution in [0.25, 0.3) is 0 Å². The highest BCUT2D eigenvalue weighted by Gasteiger charge is 2.29. The van der Waals surface area contributed by atoms with Crippen molar-refractivity contribution in [1.29, 1.82) is 0 Å². The van der Waals surface area contributed by atoms with Gasteiger partial charge in [-0.05, 0) is 32.1 Å². The lowest BCUT2D eigenvalue weighted by Gasteiger charge is -2.25. The minimum Gasteiger partial charge on any atom is -0.480 e. The molecule has 9 nitrogen and oxygen atoms in total. The molecule has 2 atom stereocenters. The number of unbranched alkanes of at least 4 members (excludes halogenated alkanes) is 11. The summed E-state index contributed by atoms with van der Waals surface area (Å²) >= 11 is 0. The number of aliphatic carboxylic acids is 1. The lowest BCUT2D eigenvalue weighted by Crippen LogP contribution is -2.34. The number of carboxylic acid groups (broad SMARTS) is 1. The van der Waals surface area contributed by atoms with Crippen molar-refractivity contribution in [3.63, 3.8) is 0 Å². The van der Waals surface area contributed by atoms with E-state index in [2.05, 4.69) is 23.6 Å². The first kappa shape index (κ1) is 34.8. The molecule has 0 aliphatic rings. The second kappa shape index (κ2) is 20.8. The van der Waals surface area contributed by atoms with E-state index in [4.69, 9.17) is 20.1 Å². The zero-order valence-electron chi connectivity index (χ0n) is 22.6. The summed E-state index contributed by atoms with van der Waals surface area (Å²) in [5, 5.41) is 8.67. The van der Waals surface area contributed by atoms with Crippen molar-refractivity contribution < 1.29 is 37.9 Å². The van der Waals surface area contributed by atoms with Crippen molar-refractivity contribution in [3.05, 3.63) is 12.2 Å². The summed E-state index contributed by atoms with van der Waals surface area (Å²) in [7, 11) is -4.46. The lowest BCUT2D eigenvalue weighted by molar-refractivity contribution is -0.147. The van der Waals surface area contributed by atoms with Gasteiger partial charge < -0.3 is 20.5 Å². The predicted octanol–water partition coefficient (Wildman–Crippen LogP) is 6.14. The van der Waals surface area contributed by atoms with E-state index >= 15 is 0 Å². The number of carboxylic acids is 1. The molecule has 0 rings (SSSR count). The van der Waals surface area contributed by atoms with Gasteiger partial charge in [0.25, 0.3) is 0 Å². The van der Waals surface area contributed by atoms with Gasteiger partial charge in [-0.3, -0.25) is 18.6 Å². The third-order valence-corrected chi connectivity index (χ3v) is 6.55. The lowest BCUT2D eigenvalue weighted by atomic mass is 9.96. The molecule has 0 aromatic heterocycles. The number of phosphoric acid groups is 1. The number of hydrogen-bond donors (Lipinski definition) is 3. The van der Waals surface area contributed by atoms with Crippen molar-refractivity contribution in [2.75, 3.05) is 19.8 Å². The minimum atomic E-state index is -4.46. The Morgan fingerprint density at radius 1 is 0.889 bits per heavy atom. The second-order valence-electron chi connectivity index (χ2n) is 10.1. The van der Waals surface area contributed by atoms with Gasteiger partial charge in [-0.1, -0.05) is 84.3 Å². The quantitative estimate of drug-likeness (QED) is 0.0574. The predicted molar refractivity (Wildman–Crippen MR) is 142 cm³/mol. The first-order valence-electron chi connectivity index (χ1n) is 13.4. The summed E-state index contributed by atoms with van der Waals surface area (Å²) in [4.78, 5) is 32.3. The number of phosphoric ester groups is 1. The Labute approximate surface area is 217 Å². The molecular formula is C26H50NO8P. The first-order chi connectivity index (χ1) is 17.0. The molecule has 0 aromatic rings. The molecule has 36 heavy (non-hydrogen) atoms. The largest absolute Gasteiger partial charge is 0.480 e. The molecule has 212 valence electrons. The number of ether oxygens (including phenoxy) is 1. The van der Waals surface area contributed by atoms with Gasteiger partial charge in [0, 0.05) is 11.8 Å². The van der Waals surface area contributed by atoms with Crippen LogP contribution in [0.3, 0.4) is 0 Å². The van der Waals surface area contributed by atoms with Gasteiger partial charge in [-0.15, -0.1) is 0 Å². The number of esters is 1. The van der Waals surface area contributed by atoms with Crippen LogP contribution in [-0.2, 0) is 27.9 Å². The third kappa shape index (κ3) is 22.0. The van der Waals surface area contributed by atoms with Crippen LogP contribution in [0.4, 0.5) is 0 Å². The molecule has 4 N–H and O–H groups in total. The van der Waals surface area contributed by atoms with Crippen LogP contribution < -0.4 is 5.73 Å². The molecule has 0 aliphatic carbocycles. The normalized spacial score (nSPS) is 14.6. The Morgan fingerprint density at radius 3 is 1.97 bits per heavy atom. The van der Waals surface area contributed by atoms with Crippen LogP contribution in [0.15, 0.2) is 12.2 Å². The average Bonchev–Trinajstić information content (AvgIpc) is 2.82. The van der Waals surface area contributed by atoms with Crippen LogP contribution in [0.5, 0.6) is 0 Å². The molecule has 1 unspecified atom stereocenters. The monoisotopic (exact) mass is 535 g/mol. The van der Waals surface area contributed by atoms with Gasteiger partial charge in [0.05, 0.1) is 19.8 Å². The SMILES string of the molecule is CCCCCCCC/C=C\CCCCCCCC(=O)OCC(C)(C)COP(=O)(O)OC[C@H](N)C(=O)O. The molecule has 0 radical (unpaired) electrons. The van der Waals surface area contributed by atoms with E-state index in [0.29, 0.717) is 6.42 Å². The Morgan fingerprint density at radius 2 is 1.42 bits per heavy atom. The molecule has 0 bridgehead atoms. The molecule has 0 heterocycles. The van der Waals surface area contributed by atoms with Gasteiger partial charge >= 0.3 is 19.8 Å². The molecule has 0 spiro atoms. The maximum Gasteiger partial charge on any atom is 0.472 e. The zero-order chi connectivity index (χ0) is 27.3. The fourth-order valence-electron chi connectivity index (χ4n) is 3.27. The minimum absolute atomic E-state index is 0.0194. The first-order valence-corrected chi connectivity index (χ1v) is 14.9. The fraction of sp³-hybridized carbons (Fsp3) is 0.846. The zero-order valence-corrected chi connectivity index (χ0v) is 23.5. The van der Waals surface area contributed by atoms with Crippen molar-refractivity contribution in [2.24, 2.45) is 11.1 Å². The van der Waals surface area contributed by atoms with Crippen molar-refractivity contribution in [3.8, 4) is 0 Å². The van der Waals surface area contributed by atoms with Crippen LogP contribution in [0, 0.1) is 5.41 Å². The molecular weight excluding hydrogens is 485 g/mol. The number of rotatable bonds is 24. The van der Waals surface area contributed by atoms with E-state index in [1.165, 1.54) is 51.4 Å². The third-order valence-electron chi connectivity index (χ3n) is 5.62. The number of carbonyl (C=O) groups excluding carboxylic acids is 1. The molecule has 0 aromatic carbocycles. The number of hydrogen-bond acceptors (Lipinski definition) is 7. The molecule has 0 aliphatic heterocycles. The van der Waals surface area contributed by atoms with Crippen LogP contribution >= 0.6 is 7.82 Å². The number of carbonyl (C=O) groups is 2. The van der Waals surface area contributed by atoms with Gasteiger partial charge in [-0.25, -0.2) is 4.57 Å². The van der Waals surface area contributed by atoms with E-state index in [1.807, 2.05) is 0 Å². The van der Waals surface area contributed by atoms with Gasteiger partial charge in [0.15, 0.2) is 0 Å². The number of allylic oxidation sites excluding steroid dienone is 2. The topological polar surface area (TPSA) is 145 Å². The highest BCUT2D eigenvalue weighted by molar-refractivity contribution is 7.47. The highest BCUT2D eigenvalue weighted by Crippen LogP contribution is 2.44. The van der Waals surface area contributed by atoms with Crippen LogP contribution in [-0.4, -0.2) is 47.8 Å². The molecule has 10 heteroatoms. The van der Waals surface area contributed by atoms with Crippen molar-refractivity contribution in [1.82, 2.24) is 0 Å². The highest BCUT2D eigenvalue weighted by atomic mass is 31.2. The Hall–Kier alpha value is -1.25. The van der Waals surface area contributed by atoms with E-state index in [-0.39, 0.29) is 19.2 Å². The number of nitrogens with two attached hydrogens (primary N) is 1. The summed E-state index contributed by atoms with van der Waals surface area (Å²) in [5.41, 5.74) is 4.50. The van der Waals surface area contributed by atoms with Crippen LogP contribution in [0.2, 0.25) is 0 Å². The second-order valence-corrected chi connectivity index (χ2v) is 11.6.